The van der Waals surface area contributed by atoms with E-state index >= 15 is 0 Å². The molecule has 0 bridgehead atoms. The summed E-state index contributed by atoms with van der Waals surface area (Å²) < 4.78 is 8.84. The third-order valence-electron chi connectivity index (χ3n) is 0.992. The van der Waals surface area contributed by atoms with Crippen LogP contribution in [0, 0.1) is 0 Å². The first-order chi connectivity index (χ1) is 5.33. The second kappa shape index (κ2) is 3.55. The number of aromatic nitrogens is 1. The molecule has 1 rings (SSSR count). The second-order valence-corrected chi connectivity index (χ2v) is 1.72. The Bertz CT molecular complexity index is 235. The summed E-state index contributed by atoms with van der Waals surface area (Å²) in [6, 6.07) is 5.01. The molecule has 1 heterocycles. The molecule has 0 fully saturated rings. The van der Waals surface area contributed by atoms with Crippen molar-refractivity contribution in [3.63, 3.8) is 0 Å². The fourth-order valence-corrected chi connectivity index (χ4v) is 0.535. The van der Waals surface area contributed by atoms with Gasteiger partial charge in [-0.1, -0.05) is 6.07 Å². The molecule has 0 radical (unpaired) electrons. The van der Waals surface area contributed by atoms with Crippen molar-refractivity contribution in [1.29, 1.82) is 0 Å². The molecule has 0 spiro atoms. The van der Waals surface area contributed by atoms with Gasteiger partial charge in [-0.25, -0.2) is 9.78 Å². The van der Waals surface area contributed by atoms with Crippen LogP contribution in [0.2, 0.25) is 0 Å². The van der Waals surface area contributed by atoms with Crippen molar-refractivity contribution in [1.82, 2.24) is 4.98 Å². The predicted molar refractivity (Wildman–Crippen MR) is 37.3 cm³/mol. The van der Waals surface area contributed by atoms with E-state index in [9.17, 15) is 4.79 Å². The maximum absolute atomic E-state index is 10.5. The van der Waals surface area contributed by atoms with Gasteiger partial charge in [-0.05, 0) is 6.07 Å². The lowest BCUT2D eigenvalue weighted by atomic mass is 10.5. The van der Waals surface area contributed by atoms with E-state index in [2.05, 4.69) is 14.5 Å². The number of pyridine rings is 1. The predicted octanol–water partition coefficient (Wildman–Crippen LogP) is 1.23. The van der Waals surface area contributed by atoms with Crippen LogP contribution in [0.5, 0.6) is 5.88 Å². The number of carbonyl (C=O) groups excluding carboxylic acids is 1. The minimum atomic E-state index is -0.760. The molecular formula is C7H7NO3. The molecule has 4 nitrogen and oxygen atoms in total. The molecule has 4 heteroatoms. The highest BCUT2D eigenvalue weighted by Crippen LogP contribution is 2.03. The highest BCUT2D eigenvalue weighted by Gasteiger charge is 2.01. The maximum atomic E-state index is 10.5. The highest BCUT2D eigenvalue weighted by molar-refractivity contribution is 5.62. The summed E-state index contributed by atoms with van der Waals surface area (Å²) in [4.78, 5) is 14.2. The Hall–Kier alpha value is -1.58. The van der Waals surface area contributed by atoms with Crippen LogP contribution in [0.3, 0.4) is 0 Å². The Balaban J connectivity index is 2.58. The quantitative estimate of drug-likeness (QED) is 0.569. The minimum absolute atomic E-state index is 0.236. The average molecular weight is 153 g/mol. The molecule has 0 aliphatic rings. The van der Waals surface area contributed by atoms with Crippen LogP contribution in [0.1, 0.15) is 0 Å². The van der Waals surface area contributed by atoms with Crippen molar-refractivity contribution in [3.05, 3.63) is 24.4 Å². The fraction of sp³-hybridized carbons (Fsp3) is 0.143. The maximum Gasteiger partial charge on any atom is 0.514 e. The van der Waals surface area contributed by atoms with Gasteiger partial charge in [0, 0.05) is 12.3 Å². The van der Waals surface area contributed by atoms with E-state index in [4.69, 9.17) is 0 Å². The van der Waals surface area contributed by atoms with Gasteiger partial charge in [0.1, 0.15) is 0 Å². The number of hydrogen-bond donors (Lipinski definition) is 0. The summed E-state index contributed by atoms with van der Waals surface area (Å²) in [5, 5.41) is 0. The third kappa shape index (κ3) is 2.25. The molecule has 0 unspecified atom stereocenters. The largest absolute Gasteiger partial charge is 0.514 e. The molecule has 0 N–H and O–H groups in total. The van der Waals surface area contributed by atoms with Crippen LogP contribution in [0.25, 0.3) is 0 Å². The zero-order chi connectivity index (χ0) is 8.10. The van der Waals surface area contributed by atoms with Gasteiger partial charge >= 0.3 is 6.16 Å². The lowest BCUT2D eigenvalue weighted by molar-refractivity contribution is 0.119. The van der Waals surface area contributed by atoms with Gasteiger partial charge in [0.05, 0.1) is 7.11 Å². The number of nitrogens with zero attached hydrogens (tertiary/aromatic N) is 1. The summed E-state index contributed by atoms with van der Waals surface area (Å²) in [6.07, 6.45) is 0.766. The van der Waals surface area contributed by atoms with E-state index in [1.54, 1.807) is 18.2 Å². The van der Waals surface area contributed by atoms with Crippen LogP contribution in [0.4, 0.5) is 4.79 Å². The number of rotatable bonds is 1. The average Bonchev–Trinajstić information content (AvgIpc) is 2.06. The van der Waals surface area contributed by atoms with Gasteiger partial charge in [0.25, 0.3) is 0 Å². The molecule has 0 amide bonds. The van der Waals surface area contributed by atoms with Crippen LogP contribution in [0.15, 0.2) is 24.4 Å². The summed E-state index contributed by atoms with van der Waals surface area (Å²) in [7, 11) is 1.24. The highest BCUT2D eigenvalue weighted by atomic mass is 16.7. The van der Waals surface area contributed by atoms with E-state index in [-0.39, 0.29) is 5.88 Å². The Morgan fingerprint density at radius 2 is 2.36 bits per heavy atom. The molecule has 0 aromatic carbocycles. The lowest BCUT2D eigenvalue weighted by Gasteiger charge is -1.98. The van der Waals surface area contributed by atoms with Gasteiger partial charge in [0.2, 0.25) is 5.88 Å². The van der Waals surface area contributed by atoms with E-state index in [1.807, 2.05) is 0 Å². The molecule has 1 aromatic rings. The number of hydrogen-bond acceptors (Lipinski definition) is 4. The summed E-state index contributed by atoms with van der Waals surface area (Å²) >= 11 is 0. The summed E-state index contributed by atoms with van der Waals surface area (Å²) in [5.41, 5.74) is 0. The van der Waals surface area contributed by atoms with Crippen LogP contribution in [-0.2, 0) is 4.74 Å². The molecular weight excluding hydrogens is 146 g/mol. The third-order valence-corrected chi connectivity index (χ3v) is 0.992. The van der Waals surface area contributed by atoms with Crippen LogP contribution in [-0.4, -0.2) is 18.2 Å². The number of carbonyl (C=O) groups is 1. The van der Waals surface area contributed by atoms with E-state index in [1.165, 1.54) is 13.3 Å². The molecule has 0 saturated carbocycles. The van der Waals surface area contributed by atoms with Crippen molar-refractivity contribution in [2.45, 2.75) is 0 Å². The van der Waals surface area contributed by atoms with Crippen molar-refractivity contribution < 1.29 is 14.3 Å². The standard InChI is InChI=1S/C7H7NO3/c1-10-7(9)11-6-4-2-3-5-8-6/h2-5H,1H3. The number of methoxy groups -OCH3 is 1. The van der Waals surface area contributed by atoms with Crippen molar-refractivity contribution in [2.24, 2.45) is 0 Å². The second-order valence-electron chi connectivity index (χ2n) is 1.72. The van der Waals surface area contributed by atoms with E-state index in [0.717, 1.165) is 0 Å². The zero-order valence-corrected chi connectivity index (χ0v) is 5.98. The van der Waals surface area contributed by atoms with Crippen molar-refractivity contribution in [2.75, 3.05) is 7.11 Å². The topological polar surface area (TPSA) is 48.4 Å². The first-order valence-electron chi connectivity index (χ1n) is 3.00. The smallest absolute Gasteiger partial charge is 0.437 e. The van der Waals surface area contributed by atoms with Gasteiger partial charge in [-0.2, -0.15) is 0 Å². The zero-order valence-electron chi connectivity index (χ0n) is 5.98. The number of ether oxygens (including phenoxy) is 2. The molecule has 0 atom stereocenters. The first kappa shape index (κ1) is 7.53. The Kier molecular flexibility index (Phi) is 2.43. The van der Waals surface area contributed by atoms with Crippen molar-refractivity contribution >= 4 is 6.16 Å². The normalized spacial score (nSPS) is 8.82. The molecule has 0 aliphatic carbocycles. The van der Waals surface area contributed by atoms with E-state index < -0.39 is 6.16 Å². The van der Waals surface area contributed by atoms with Crippen LogP contribution >= 0.6 is 0 Å². The summed E-state index contributed by atoms with van der Waals surface area (Å²) in [5.74, 6) is 0.236. The Morgan fingerprint density at radius 3 is 2.91 bits per heavy atom. The molecule has 1 aromatic heterocycles. The monoisotopic (exact) mass is 153 g/mol. The molecule has 0 saturated heterocycles. The van der Waals surface area contributed by atoms with Crippen molar-refractivity contribution in [3.8, 4) is 5.88 Å². The van der Waals surface area contributed by atoms with Gasteiger partial charge < -0.3 is 9.47 Å². The SMILES string of the molecule is COC(=O)Oc1ccccn1. The van der Waals surface area contributed by atoms with Gasteiger partial charge in [-0.15, -0.1) is 0 Å². The Morgan fingerprint density at radius 1 is 1.55 bits per heavy atom. The lowest BCUT2D eigenvalue weighted by Crippen LogP contribution is -2.07. The first-order valence-corrected chi connectivity index (χ1v) is 3.00. The molecule has 58 valence electrons. The molecule has 0 aliphatic heterocycles. The van der Waals surface area contributed by atoms with Gasteiger partial charge in [0.15, 0.2) is 0 Å². The van der Waals surface area contributed by atoms with Crippen LogP contribution < -0.4 is 4.74 Å². The van der Waals surface area contributed by atoms with Gasteiger partial charge in [-0.3, -0.25) is 0 Å². The summed E-state index contributed by atoms with van der Waals surface area (Å²) in [6.45, 7) is 0. The Labute approximate surface area is 63.8 Å². The molecule has 11 heavy (non-hydrogen) atoms. The van der Waals surface area contributed by atoms with E-state index in [0.29, 0.717) is 0 Å². The minimum Gasteiger partial charge on any atom is -0.437 e. The fourth-order valence-electron chi connectivity index (χ4n) is 0.535.